The van der Waals surface area contributed by atoms with Gasteiger partial charge in [0.25, 0.3) is 0 Å². The number of anilines is 1. The SMILES string of the molecule is COc1cc(-c2ccc3ncc(NC(=O)NC4CCN(C(=O)OCc5ccccc5)CC4)nc3n2)ccc1O. The number of hydrogen-bond acceptors (Lipinski definition) is 8. The van der Waals surface area contributed by atoms with Crippen LogP contribution in [0.2, 0.25) is 0 Å². The van der Waals surface area contributed by atoms with Crippen LogP contribution in [0.15, 0.2) is 66.9 Å². The average Bonchev–Trinajstić information content (AvgIpc) is 2.96. The zero-order valence-corrected chi connectivity index (χ0v) is 21.3. The molecule has 200 valence electrons. The van der Waals surface area contributed by atoms with Gasteiger partial charge in [-0.2, -0.15) is 0 Å². The number of amides is 3. The minimum absolute atomic E-state index is 0.0352. The zero-order valence-electron chi connectivity index (χ0n) is 21.3. The summed E-state index contributed by atoms with van der Waals surface area (Å²) < 4.78 is 10.6. The van der Waals surface area contributed by atoms with Crippen LogP contribution in [-0.2, 0) is 11.3 Å². The number of phenolic OH excluding ortho intramolecular Hbond substituents is 1. The Morgan fingerprint density at radius 1 is 1.05 bits per heavy atom. The fourth-order valence-corrected chi connectivity index (χ4v) is 4.31. The van der Waals surface area contributed by atoms with Crippen molar-refractivity contribution < 1.29 is 24.2 Å². The summed E-state index contributed by atoms with van der Waals surface area (Å²) >= 11 is 0. The van der Waals surface area contributed by atoms with Crippen LogP contribution < -0.4 is 15.4 Å². The van der Waals surface area contributed by atoms with Crippen molar-refractivity contribution in [2.45, 2.75) is 25.5 Å². The number of pyridine rings is 1. The van der Waals surface area contributed by atoms with E-state index in [1.54, 1.807) is 29.2 Å². The first kappa shape index (κ1) is 25.7. The highest BCUT2D eigenvalue weighted by Crippen LogP contribution is 2.31. The molecule has 0 bridgehead atoms. The topological polar surface area (TPSA) is 139 Å². The maximum Gasteiger partial charge on any atom is 0.410 e. The first-order valence-electron chi connectivity index (χ1n) is 12.5. The van der Waals surface area contributed by atoms with Crippen molar-refractivity contribution in [2.75, 3.05) is 25.5 Å². The maximum absolute atomic E-state index is 12.6. The Labute approximate surface area is 224 Å². The summed E-state index contributed by atoms with van der Waals surface area (Å²) in [5.74, 6) is 0.630. The number of fused-ring (bicyclic) bond motifs is 1. The number of hydrogen-bond donors (Lipinski definition) is 3. The molecule has 2 aromatic carbocycles. The highest BCUT2D eigenvalue weighted by atomic mass is 16.6. The number of carbonyl (C=O) groups excluding carboxylic acids is 2. The zero-order chi connectivity index (χ0) is 27.2. The molecule has 1 aliphatic rings. The highest BCUT2D eigenvalue weighted by molar-refractivity contribution is 5.89. The first-order valence-corrected chi connectivity index (χ1v) is 12.5. The van der Waals surface area contributed by atoms with Crippen molar-refractivity contribution in [2.24, 2.45) is 0 Å². The minimum Gasteiger partial charge on any atom is -0.504 e. The molecule has 39 heavy (non-hydrogen) atoms. The molecule has 11 heteroatoms. The molecule has 2 aromatic heterocycles. The second-order valence-corrected chi connectivity index (χ2v) is 9.08. The molecule has 11 nitrogen and oxygen atoms in total. The standard InChI is InChI=1S/C28H28N6O5/c1-38-24-15-19(7-10-23(24)35)21-8-9-22-26(31-21)32-25(16-29-22)33-27(36)30-20-11-13-34(14-12-20)28(37)39-17-18-5-3-2-4-6-18/h2-10,15-16,20,35H,11-14,17H2,1H3,(H2,30,31,32,33,36). The molecular weight excluding hydrogens is 500 g/mol. The third kappa shape index (κ3) is 6.32. The van der Waals surface area contributed by atoms with Crippen molar-refractivity contribution in [3.8, 4) is 22.8 Å². The van der Waals surface area contributed by atoms with E-state index in [-0.39, 0.29) is 30.3 Å². The van der Waals surface area contributed by atoms with Crippen molar-refractivity contribution >= 4 is 29.1 Å². The summed E-state index contributed by atoms with van der Waals surface area (Å²) in [4.78, 5) is 40.0. The molecule has 0 atom stereocenters. The molecule has 1 aliphatic heterocycles. The highest BCUT2D eigenvalue weighted by Gasteiger charge is 2.25. The second kappa shape index (κ2) is 11.6. The average molecular weight is 529 g/mol. The van der Waals surface area contributed by atoms with Gasteiger partial charge in [0.05, 0.1) is 19.0 Å². The lowest BCUT2D eigenvalue weighted by atomic mass is 10.1. The smallest absolute Gasteiger partial charge is 0.410 e. The van der Waals surface area contributed by atoms with Crippen molar-refractivity contribution in [1.82, 2.24) is 25.2 Å². The van der Waals surface area contributed by atoms with Gasteiger partial charge in [-0.25, -0.2) is 24.5 Å². The van der Waals surface area contributed by atoms with E-state index < -0.39 is 6.03 Å². The van der Waals surface area contributed by atoms with Gasteiger partial charge in [0, 0.05) is 24.7 Å². The number of benzene rings is 2. The molecule has 3 heterocycles. The van der Waals surface area contributed by atoms with Gasteiger partial charge in [0.1, 0.15) is 12.1 Å². The van der Waals surface area contributed by atoms with E-state index >= 15 is 0 Å². The van der Waals surface area contributed by atoms with Crippen molar-refractivity contribution in [1.29, 1.82) is 0 Å². The van der Waals surface area contributed by atoms with E-state index in [1.807, 2.05) is 30.3 Å². The van der Waals surface area contributed by atoms with Crippen LogP contribution in [-0.4, -0.2) is 63.3 Å². The Hall–Kier alpha value is -4.93. The number of piperidine rings is 1. The van der Waals surface area contributed by atoms with E-state index in [1.165, 1.54) is 19.4 Å². The fourth-order valence-electron chi connectivity index (χ4n) is 4.31. The maximum atomic E-state index is 12.6. The Bertz CT molecular complexity index is 1470. The minimum atomic E-state index is -0.409. The van der Waals surface area contributed by atoms with Crippen LogP contribution >= 0.6 is 0 Å². The molecule has 0 unspecified atom stereocenters. The number of rotatable bonds is 6. The Morgan fingerprint density at radius 3 is 2.62 bits per heavy atom. The molecule has 3 N–H and O–H groups in total. The van der Waals surface area contributed by atoms with Crippen LogP contribution in [0, 0.1) is 0 Å². The number of phenols is 1. The van der Waals surface area contributed by atoms with Crippen LogP contribution in [0.4, 0.5) is 15.4 Å². The number of methoxy groups -OCH3 is 1. The predicted molar refractivity (Wildman–Crippen MR) is 144 cm³/mol. The van der Waals surface area contributed by atoms with Gasteiger partial charge in [0.15, 0.2) is 23.0 Å². The van der Waals surface area contributed by atoms with E-state index in [9.17, 15) is 14.7 Å². The third-order valence-corrected chi connectivity index (χ3v) is 6.42. The van der Waals surface area contributed by atoms with E-state index in [2.05, 4.69) is 25.6 Å². The van der Waals surface area contributed by atoms with E-state index in [4.69, 9.17) is 9.47 Å². The molecule has 1 saturated heterocycles. The third-order valence-electron chi connectivity index (χ3n) is 6.42. The van der Waals surface area contributed by atoms with Crippen LogP contribution in [0.1, 0.15) is 18.4 Å². The second-order valence-electron chi connectivity index (χ2n) is 9.08. The molecule has 0 saturated carbocycles. The number of aromatic hydroxyl groups is 1. The van der Waals surface area contributed by atoms with Crippen LogP contribution in [0.3, 0.4) is 0 Å². The molecule has 0 spiro atoms. The van der Waals surface area contributed by atoms with Gasteiger partial charge in [-0.3, -0.25) is 5.32 Å². The number of aromatic nitrogens is 3. The van der Waals surface area contributed by atoms with Gasteiger partial charge in [-0.1, -0.05) is 30.3 Å². The number of urea groups is 1. The number of nitrogens with one attached hydrogen (secondary N) is 2. The van der Waals surface area contributed by atoms with Crippen molar-refractivity contribution in [3.05, 3.63) is 72.4 Å². The quantitative estimate of drug-likeness (QED) is 0.336. The summed E-state index contributed by atoms with van der Waals surface area (Å²) in [6.45, 7) is 1.21. The Balaban J connectivity index is 1.15. The molecule has 0 aliphatic carbocycles. The molecule has 5 rings (SSSR count). The van der Waals surface area contributed by atoms with Gasteiger partial charge in [-0.05, 0) is 48.7 Å². The Kier molecular flexibility index (Phi) is 7.67. The van der Waals surface area contributed by atoms with Gasteiger partial charge >= 0.3 is 12.1 Å². The van der Waals surface area contributed by atoms with E-state index in [0.717, 1.165) is 11.1 Å². The number of nitrogens with zero attached hydrogens (tertiary/aromatic N) is 4. The van der Waals surface area contributed by atoms with Gasteiger partial charge in [0.2, 0.25) is 0 Å². The first-order chi connectivity index (χ1) is 19.0. The number of carbonyl (C=O) groups is 2. The molecule has 3 amide bonds. The lowest BCUT2D eigenvalue weighted by Gasteiger charge is -2.31. The van der Waals surface area contributed by atoms with E-state index in [0.29, 0.717) is 48.5 Å². The summed E-state index contributed by atoms with van der Waals surface area (Å²) in [7, 11) is 1.48. The normalized spacial score (nSPS) is 13.6. The Morgan fingerprint density at radius 2 is 1.85 bits per heavy atom. The van der Waals surface area contributed by atoms with Crippen molar-refractivity contribution in [3.63, 3.8) is 0 Å². The lowest BCUT2D eigenvalue weighted by Crippen LogP contribution is -2.47. The predicted octanol–water partition coefficient (Wildman–Crippen LogP) is 4.33. The molecule has 4 aromatic rings. The number of likely N-dealkylation sites (tertiary alicyclic amines) is 1. The van der Waals surface area contributed by atoms with Crippen LogP contribution in [0.25, 0.3) is 22.4 Å². The molecule has 0 radical (unpaired) electrons. The monoisotopic (exact) mass is 528 g/mol. The summed E-state index contributed by atoms with van der Waals surface area (Å²) in [5, 5.41) is 15.5. The molecular formula is C28H28N6O5. The summed E-state index contributed by atoms with van der Waals surface area (Å²) in [5.41, 5.74) is 3.22. The fraction of sp³-hybridized carbons (Fsp3) is 0.250. The summed E-state index contributed by atoms with van der Waals surface area (Å²) in [6, 6.07) is 17.6. The van der Waals surface area contributed by atoms with Gasteiger partial charge < -0.3 is 24.8 Å². The number of ether oxygens (including phenoxy) is 2. The van der Waals surface area contributed by atoms with Crippen LogP contribution in [0.5, 0.6) is 11.5 Å². The molecule has 1 fully saturated rings. The summed E-state index contributed by atoms with van der Waals surface area (Å²) in [6.07, 6.45) is 2.33. The van der Waals surface area contributed by atoms with Gasteiger partial charge in [-0.15, -0.1) is 0 Å². The largest absolute Gasteiger partial charge is 0.504 e. The lowest BCUT2D eigenvalue weighted by molar-refractivity contribution is 0.0860.